The Morgan fingerprint density at radius 3 is 2.11 bits per heavy atom. The van der Waals surface area contributed by atoms with E-state index in [0.29, 0.717) is 44.2 Å². The summed E-state index contributed by atoms with van der Waals surface area (Å²) in [5.74, 6) is 2.20. The highest BCUT2D eigenvalue weighted by atomic mass is 35.5. The van der Waals surface area contributed by atoms with Gasteiger partial charge in [-0.1, -0.05) is 40.9 Å². The lowest BCUT2D eigenvalue weighted by Crippen LogP contribution is -2.15. The molecule has 0 saturated heterocycles. The molecule has 0 radical (unpaired) electrons. The van der Waals surface area contributed by atoms with E-state index < -0.39 is 0 Å². The molecule has 5 aromatic rings. The number of hydrogen-bond donors (Lipinski definition) is 1. The van der Waals surface area contributed by atoms with Crippen LogP contribution in [0.15, 0.2) is 30.3 Å². The van der Waals surface area contributed by atoms with Gasteiger partial charge in [0, 0.05) is 6.54 Å². The van der Waals surface area contributed by atoms with E-state index >= 15 is 0 Å². The lowest BCUT2D eigenvalue weighted by atomic mass is 10.2. The van der Waals surface area contributed by atoms with Crippen molar-refractivity contribution in [1.82, 2.24) is 19.9 Å². The van der Waals surface area contributed by atoms with E-state index in [-0.39, 0.29) is 10.6 Å². The lowest BCUT2D eigenvalue weighted by Gasteiger charge is -2.19. The summed E-state index contributed by atoms with van der Waals surface area (Å²) in [6, 6.07) is 9.42. The van der Waals surface area contributed by atoms with Gasteiger partial charge in [0.15, 0.2) is 11.5 Å². The van der Waals surface area contributed by atoms with Crippen LogP contribution < -0.4 is 14.8 Å². The van der Waals surface area contributed by atoms with Crippen molar-refractivity contribution in [3.8, 4) is 11.5 Å². The van der Waals surface area contributed by atoms with Gasteiger partial charge in [-0.25, -0.2) is 19.9 Å². The molecule has 1 aliphatic heterocycles. The Hall–Kier alpha value is -1.85. The smallest absolute Gasteiger partial charge is 0.225 e. The predicted octanol–water partition coefficient (Wildman–Crippen LogP) is 8.03. The highest BCUT2D eigenvalue weighted by Gasteiger charge is 2.13. The van der Waals surface area contributed by atoms with E-state index in [2.05, 4.69) is 25.3 Å². The number of nitrogens with zero attached hydrogens (tertiary/aromatic N) is 4. The lowest BCUT2D eigenvalue weighted by molar-refractivity contribution is 0.171. The van der Waals surface area contributed by atoms with Crippen LogP contribution in [0, 0.1) is 0 Å². The van der Waals surface area contributed by atoms with Crippen molar-refractivity contribution in [2.45, 2.75) is 6.54 Å². The van der Waals surface area contributed by atoms with Gasteiger partial charge >= 0.3 is 0 Å². The SMILES string of the molecule is Clc1nc(Cl)c2cc(Cl)sc2n1.Clc1nc(NCc2ccc3c(c2)OCCO3)c2cc(Cl)sc2n1. The number of aromatic nitrogens is 4. The molecular formula is C21H12Cl5N5O2S2. The Morgan fingerprint density at radius 2 is 1.37 bits per heavy atom. The van der Waals surface area contributed by atoms with Gasteiger partial charge in [-0.2, -0.15) is 0 Å². The first-order valence-electron chi connectivity index (χ1n) is 9.89. The zero-order chi connectivity index (χ0) is 24.5. The van der Waals surface area contributed by atoms with Gasteiger partial charge in [0.05, 0.1) is 19.4 Å². The normalized spacial score (nSPS) is 12.5. The number of benzene rings is 1. The van der Waals surface area contributed by atoms with Crippen LogP contribution in [0.4, 0.5) is 5.82 Å². The summed E-state index contributed by atoms with van der Waals surface area (Å²) in [6.07, 6.45) is 0. The molecule has 0 aliphatic carbocycles. The summed E-state index contributed by atoms with van der Waals surface area (Å²) in [6.45, 7) is 1.73. The third kappa shape index (κ3) is 5.77. The van der Waals surface area contributed by atoms with Crippen LogP contribution >= 0.6 is 80.7 Å². The van der Waals surface area contributed by atoms with Gasteiger partial charge < -0.3 is 14.8 Å². The van der Waals surface area contributed by atoms with Crippen LogP contribution in [0.25, 0.3) is 20.4 Å². The molecule has 1 aliphatic rings. The van der Waals surface area contributed by atoms with Crippen molar-refractivity contribution in [1.29, 1.82) is 0 Å². The second-order valence-corrected chi connectivity index (χ2v) is 11.4. The van der Waals surface area contributed by atoms with E-state index in [1.807, 2.05) is 24.3 Å². The van der Waals surface area contributed by atoms with Crippen molar-refractivity contribution in [3.05, 3.63) is 60.3 Å². The first-order valence-corrected chi connectivity index (χ1v) is 13.4. The third-order valence-corrected chi connectivity index (χ3v) is 7.63. The molecule has 0 unspecified atom stereocenters. The molecule has 4 aromatic heterocycles. The van der Waals surface area contributed by atoms with Crippen LogP contribution in [0.2, 0.25) is 24.4 Å². The van der Waals surface area contributed by atoms with E-state index in [1.165, 1.54) is 22.7 Å². The van der Waals surface area contributed by atoms with Crippen molar-refractivity contribution >= 4 is 107 Å². The summed E-state index contributed by atoms with van der Waals surface area (Å²) < 4.78 is 12.4. The molecule has 0 saturated carbocycles. The van der Waals surface area contributed by atoms with Gasteiger partial charge in [0.1, 0.15) is 33.8 Å². The van der Waals surface area contributed by atoms with E-state index in [0.717, 1.165) is 32.7 Å². The number of nitrogens with one attached hydrogen (secondary N) is 1. The maximum absolute atomic E-state index is 6.05. The standard InChI is InChI=1S/C15H11Cl2N3O2S.C6HCl3N2S/c16-12-6-9-13(19-15(17)20-14(9)23-12)18-7-8-1-2-10-11(5-8)22-4-3-21-10;7-3-1-2-4(8)10-6(9)11-5(2)12-3/h1-2,5-6H,3-4,7H2,(H,18,19,20);1H. The molecule has 0 amide bonds. The topological polar surface area (TPSA) is 82.1 Å². The van der Waals surface area contributed by atoms with E-state index in [9.17, 15) is 0 Å². The fourth-order valence-electron chi connectivity index (χ4n) is 3.22. The van der Waals surface area contributed by atoms with Crippen molar-refractivity contribution in [3.63, 3.8) is 0 Å². The number of halogens is 5. The minimum absolute atomic E-state index is 0.144. The summed E-state index contributed by atoms with van der Waals surface area (Å²) in [5.41, 5.74) is 1.05. The molecule has 5 heterocycles. The Balaban J connectivity index is 0.000000178. The molecule has 1 aromatic carbocycles. The van der Waals surface area contributed by atoms with Crippen LogP contribution in [0.3, 0.4) is 0 Å². The molecule has 1 N–H and O–H groups in total. The Kier molecular flexibility index (Phi) is 7.55. The molecule has 0 spiro atoms. The average Bonchev–Trinajstić information content (AvgIpc) is 3.38. The van der Waals surface area contributed by atoms with Crippen LogP contribution in [-0.2, 0) is 6.54 Å². The number of thiophene rings is 2. The summed E-state index contributed by atoms with van der Waals surface area (Å²) in [5, 5.41) is 5.57. The molecule has 14 heteroatoms. The molecule has 0 atom stereocenters. The second kappa shape index (κ2) is 10.6. The number of ether oxygens (including phenoxy) is 2. The first kappa shape index (κ1) is 24.8. The van der Waals surface area contributed by atoms with E-state index in [4.69, 9.17) is 67.5 Å². The number of anilines is 1. The molecule has 35 heavy (non-hydrogen) atoms. The molecule has 6 rings (SSSR count). The highest BCUT2D eigenvalue weighted by molar-refractivity contribution is 7.22. The quantitative estimate of drug-likeness (QED) is 0.164. The van der Waals surface area contributed by atoms with Gasteiger partial charge in [-0.3, -0.25) is 0 Å². The maximum Gasteiger partial charge on any atom is 0.225 e. The van der Waals surface area contributed by atoms with Crippen LogP contribution in [-0.4, -0.2) is 33.1 Å². The van der Waals surface area contributed by atoms with Gasteiger partial charge in [-0.05, 0) is 53.0 Å². The monoisotopic (exact) mass is 605 g/mol. The average molecular weight is 608 g/mol. The van der Waals surface area contributed by atoms with Crippen molar-refractivity contribution in [2.24, 2.45) is 0 Å². The van der Waals surface area contributed by atoms with E-state index in [1.54, 1.807) is 6.07 Å². The number of rotatable bonds is 3. The van der Waals surface area contributed by atoms with Gasteiger partial charge in [0.2, 0.25) is 10.6 Å². The molecule has 180 valence electrons. The Labute approximate surface area is 231 Å². The highest BCUT2D eigenvalue weighted by Crippen LogP contribution is 2.34. The largest absolute Gasteiger partial charge is 0.486 e. The zero-order valence-electron chi connectivity index (χ0n) is 17.3. The van der Waals surface area contributed by atoms with Gasteiger partial charge in [-0.15, -0.1) is 22.7 Å². The maximum atomic E-state index is 6.05. The molecular weight excluding hydrogens is 596 g/mol. The Bertz CT molecular complexity index is 1540. The molecule has 7 nitrogen and oxygen atoms in total. The third-order valence-electron chi connectivity index (χ3n) is 4.69. The van der Waals surface area contributed by atoms with Crippen molar-refractivity contribution < 1.29 is 9.47 Å². The zero-order valence-corrected chi connectivity index (χ0v) is 22.7. The molecule has 0 bridgehead atoms. The predicted molar refractivity (Wildman–Crippen MR) is 145 cm³/mol. The van der Waals surface area contributed by atoms with Gasteiger partial charge in [0.25, 0.3) is 0 Å². The fraction of sp³-hybridized carbons (Fsp3) is 0.143. The van der Waals surface area contributed by atoms with Crippen LogP contribution in [0.5, 0.6) is 11.5 Å². The molecule has 0 fully saturated rings. The van der Waals surface area contributed by atoms with Crippen molar-refractivity contribution in [2.75, 3.05) is 18.5 Å². The number of hydrogen-bond acceptors (Lipinski definition) is 9. The first-order chi connectivity index (χ1) is 16.9. The fourth-order valence-corrected chi connectivity index (χ4v) is 6.15. The summed E-state index contributed by atoms with van der Waals surface area (Å²) in [4.78, 5) is 17.7. The summed E-state index contributed by atoms with van der Waals surface area (Å²) in [7, 11) is 0. The minimum atomic E-state index is 0.144. The Morgan fingerprint density at radius 1 is 0.743 bits per heavy atom. The van der Waals surface area contributed by atoms with Crippen LogP contribution in [0.1, 0.15) is 5.56 Å². The second-order valence-electron chi connectivity index (χ2n) is 6.99. The summed E-state index contributed by atoms with van der Waals surface area (Å²) >= 11 is 31.9. The minimum Gasteiger partial charge on any atom is -0.486 e. The number of fused-ring (bicyclic) bond motifs is 3.